The van der Waals surface area contributed by atoms with Crippen LogP contribution in [-0.2, 0) is 10.2 Å². The lowest BCUT2D eigenvalue weighted by molar-refractivity contribution is -0.118. The summed E-state index contributed by atoms with van der Waals surface area (Å²) in [5, 5.41) is 6.94. The second-order valence-corrected chi connectivity index (χ2v) is 6.66. The zero-order chi connectivity index (χ0) is 18.4. The fourth-order valence-electron chi connectivity index (χ4n) is 3.24. The molecule has 1 amide bonds. The summed E-state index contributed by atoms with van der Waals surface area (Å²) in [4.78, 5) is 12.9. The number of rotatable bonds is 4. The van der Waals surface area contributed by atoms with Gasteiger partial charge in [0.2, 0.25) is 12.7 Å². The number of hydrogen-bond acceptors (Lipinski definition) is 5. The molecule has 0 unspecified atom stereocenters. The largest absolute Gasteiger partial charge is 0.454 e. The zero-order valence-electron chi connectivity index (χ0n) is 14.2. The Bertz CT molecular complexity index is 1040. The summed E-state index contributed by atoms with van der Waals surface area (Å²) in [5.41, 5.74) is 0.708. The number of nitrogens with zero attached hydrogens (tertiary/aromatic N) is 1. The fraction of sp³-hybridized carbons (Fsp3) is 0.200. The second-order valence-electron chi connectivity index (χ2n) is 6.66. The van der Waals surface area contributed by atoms with Gasteiger partial charge in [-0.2, -0.15) is 0 Å². The Labute approximate surface area is 153 Å². The van der Waals surface area contributed by atoms with Gasteiger partial charge in [0.15, 0.2) is 17.3 Å². The van der Waals surface area contributed by atoms with Crippen LogP contribution in [0.3, 0.4) is 0 Å². The van der Waals surface area contributed by atoms with E-state index in [2.05, 4.69) is 10.5 Å². The molecular weight excluding hydrogens is 351 g/mol. The maximum Gasteiger partial charge on any atom is 0.236 e. The molecule has 1 aliphatic carbocycles. The van der Waals surface area contributed by atoms with Gasteiger partial charge >= 0.3 is 0 Å². The number of fused-ring (bicyclic) bond motifs is 1. The van der Waals surface area contributed by atoms with Crippen LogP contribution in [0, 0.1) is 5.82 Å². The molecule has 6 nitrogen and oxygen atoms in total. The molecule has 5 rings (SSSR count). The average Bonchev–Trinajstić information content (AvgIpc) is 3.12. The number of hydrogen-bond donors (Lipinski definition) is 1. The molecule has 136 valence electrons. The number of ether oxygens (including phenoxy) is 2. The Morgan fingerprint density at radius 1 is 1.07 bits per heavy atom. The number of amides is 1. The van der Waals surface area contributed by atoms with E-state index in [4.69, 9.17) is 14.0 Å². The van der Waals surface area contributed by atoms with Gasteiger partial charge in [0.25, 0.3) is 0 Å². The molecule has 2 aliphatic rings. The molecule has 7 heteroatoms. The molecule has 0 atom stereocenters. The average molecular weight is 366 g/mol. The smallest absolute Gasteiger partial charge is 0.236 e. The lowest BCUT2D eigenvalue weighted by atomic mass is 10.00. The van der Waals surface area contributed by atoms with Gasteiger partial charge in [-0.05, 0) is 37.1 Å². The topological polar surface area (TPSA) is 73.6 Å². The Balaban J connectivity index is 1.39. The van der Waals surface area contributed by atoms with E-state index in [-0.39, 0.29) is 12.7 Å². The summed E-state index contributed by atoms with van der Waals surface area (Å²) in [6.07, 6.45) is 1.32. The number of benzene rings is 2. The van der Waals surface area contributed by atoms with E-state index in [1.165, 1.54) is 6.07 Å². The van der Waals surface area contributed by atoms with Gasteiger partial charge in [0.05, 0.1) is 16.7 Å². The van der Waals surface area contributed by atoms with Gasteiger partial charge in [0.1, 0.15) is 5.82 Å². The number of nitrogens with one attached hydrogen (secondary N) is 1. The Hall–Kier alpha value is -3.35. The number of halogens is 1. The van der Waals surface area contributed by atoms with Gasteiger partial charge in [0, 0.05) is 17.8 Å². The molecule has 3 aromatic rings. The summed E-state index contributed by atoms with van der Waals surface area (Å²) < 4.78 is 29.9. The van der Waals surface area contributed by atoms with Crippen molar-refractivity contribution in [3.8, 4) is 22.8 Å². The Morgan fingerprint density at radius 3 is 2.70 bits per heavy atom. The summed E-state index contributed by atoms with van der Waals surface area (Å²) >= 11 is 0. The second kappa shape index (κ2) is 5.84. The van der Waals surface area contributed by atoms with Gasteiger partial charge in [-0.3, -0.25) is 4.79 Å². The van der Waals surface area contributed by atoms with Crippen molar-refractivity contribution >= 4 is 11.6 Å². The molecule has 1 N–H and O–H groups in total. The van der Waals surface area contributed by atoms with E-state index in [1.807, 2.05) is 0 Å². The van der Waals surface area contributed by atoms with Crippen molar-refractivity contribution in [3.63, 3.8) is 0 Å². The van der Waals surface area contributed by atoms with Crippen LogP contribution < -0.4 is 14.8 Å². The molecule has 2 heterocycles. The van der Waals surface area contributed by atoms with Crippen LogP contribution in [-0.4, -0.2) is 17.9 Å². The molecule has 1 aromatic heterocycles. The van der Waals surface area contributed by atoms with E-state index in [1.54, 1.807) is 42.5 Å². The van der Waals surface area contributed by atoms with Crippen molar-refractivity contribution in [1.82, 2.24) is 5.16 Å². The summed E-state index contributed by atoms with van der Waals surface area (Å²) in [5.74, 6) is 0.996. The van der Waals surface area contributed by atoms with Crippen molar-refractivity contribution in [1.29, 1.82) is 0 Å². The van der Waals surface area contributed by atoms with E-state index in [0.29, 0.717) is 47.0 Å². The van der Waals surface area contributed by atoms with Gasteiger partial charge in [-0.1, -0.05) is 17.3 Å². The molecule has 0 radical (unpaired) electrons. The zero-order valence-corrected chi connectivity index (χ0v) is 14.2. The summed E-state index contributed by atoms with van der Waals surface area (Å²) in [6.45, 7) is 0.175. The molecule has 0 spiro atoms. The molecule has 0 bridgehead atoms. The van der Waals surface area contributed by atoms with Crippen molar-refractivity contribution in [2.24, 2.45) is 0 Å². The first kappa shape index (κ1) is 15.9. The van der Waals surface area contributed by atoms with Crippen LogP contribution in [0.15, 0.2) is 53.1 Å². The minimum Gasteiger partial charge on any atom is -0.454 e. The Kier molecular flexibility index (Phi) is 3.43. The molecule has 2 aromatic carbocycles. The normalized spacial score (nSPS) is 16.2. The Morgan fingerprint density at radius 2 is 1.89 bits per heavy atom. The van der Waals surface area contributed by atoms with Crippen LogP contribution in [0.2, 0.25) is 0 Å². The minimum atomic E-state index is -0.747. The highest BCUT2D eigenvalue weighted by Gasteiger charge is 2.54. The minimum absolute atomic E-state index is 0.172. The number of anilines is 1. The van der Waals surface area contributed by atoms with E-state index >= 15 is 0 Å². The first-order valence-electron chi connectivity index (χ1n) is 8.59. The molecule has 0 saturated heterocycles. The van der Waals surface area contributed by atoms with Gasteiger partial charge in [-0.25, -0.2) is 4.39 Å². The van der Waals surface area contributed by atoms with E-state index in [9.17, 15) is 9.18 Å². The van der Waals surface area contributed by atoms with Crippen LogP contribution in [0.1, 0.15) is 18.5 Å². The fourth-order valence-corrected chi connectivity index (χ4v) is 3.24. The predicted molar refractivity (Wildman–Crippen MR) is 94.0 cm³/mol. The number of carbonyl (C=O) groups excluding carboxylic acids is 1. The van der Waals surface area contributed by atoms with Crippen LogP contribution in [0.25, 0.3) is 11.3 Å². The number of aromatic nitrogens is 1. The van der Waals surface area contributed by atoms with Crippen LogP contribution in [0.5, 0.6) is 11.5 Å². The highest BCUT2D eigenvalue weighted by Crippen LogP contribution is 2.49. The van der Waals surface area contributed by atoms with E-state index in [0.717, 1.165) is 0 Å². The third kappa shape index (κ3) is 2.63. The van der Waals surface area contributed by atoms with Crippen LogP contribution in [0.4, 0.5) is 10.1 Å². The number of carbonyl (C=O) groups is 1. The SMILES string of the molecule is O=C(Nc1ccc2c(c1)OCO2)C1(c2cc(-c3ccccc3F)on2)CC1. The molecule has 1 fully saturated rings. The quantitative estimate of drug-likeness (QED) is 0.759. The monoisotopic (exact) mass is 366 g/mol. The predicted octanol–water partition coefficient (Wildman–Crippen LogP) is 3.88. The van der Waals surface area contributed by atoms with Crippen molar-refractivity contribution in [2.45, 2.75) is 18.3 Å². The third-order valence-electron chi connectivity index (χ3n) is 4.95. The van der Waals surface area contributed by atoms with Crippen LogP contribution >= 0.6 is 0 Å². The molecule has 1 saturated carbocycles. The first-order valence-corrected chi connectivity index (χ1v) is 8.59. The van der Waals surface area contributed by atoms with Crippen molar-refractivity contribution in [3.05, 3.63) is 60.0 Å². The maximum atomic E-state index is 14.0. The summed E-state index contributed by atoms with van der Waals surface area (Å²) in [7, 11) is 0. The lowest BCUT2D eigenvalue weighted by Gasteiger charge is -2.12. The highest BCUT2D eigenvalue weighted by atomic mass is 19.1. The molecular formula is C20H15FN2O4. The van der Waals surface area contributed by atoms with E-state index < -0.39 is 11.2 Å². The maximum absolute atomic E-state index is 14.0. The van der Waals surface area contributed by atoms with Gasteiger partial charge < -0.3 is 19.3 Å². The lowest BCUT2D eigenvalue weighted by Crippen LogP contribution is -2.28. The summed E-state index contributed by atoms with van der Waals surface area (Å²) in [6, 6.07) is 13.2. The molecule has 1 aliphatic heterocycles. The third-order valence-corrected chi connectivity index (χ3v) is 4.95. The highest BCUT2D eigenvalue weighted by molar-refractivity contribution is 6.01. The van der Waals surface area contributed by atoms with Crippen molar-refractivity contribution in [2.75, 3.05) is 12.1 Å². The first-order chi connectivity index (χ1) is 13.2. The van der Waals surface area contributed by atoms with Gasteiger partial charge in [-0.15, -0.1) is 0 Å². The standard InChI is InChI=1S/C20H15FN2O4/c21-14-4-2-1-3-13(14)16-10-18(23-27-16)20(7-8-20)19(24)22-12-5-6-15-17(9-12)26-11-25-15/h1-6,9-10H,7-8,11H2,(H,22,24). The molecule has 27 heavy (non-hydrogen) atoms. The van der Waals surface area contributed by atoms with Crippen molar-refractivity contribution < 1.29 is 23.2 Å².